The van der Waals surface area contributed by atoms with Gasteiger partial charge in [0.05, 0.1) is 11.5 Å². The number of hydrogen-bond acceptors (Lipinski definition) is 4. The van der Waals surface area contributed by atoms with Gasteiger partial charge >= 0.3 is 5.69 Å². The zero-order valence-corrected chi connectivity index (χ0v) is 11.4. The predicted molar refractivity (Wildman–Crippen MR) is 74.4 cm³/mol. The van der Waals surface area contributed by atoms with Gasteiger partial charge in [-0.05, 0) is 18.6 Å². The number of nitro groups is 1. The standard InChI is InChI=1S/C12H16ClN3O3/c1-2-3-7-15(8-11(14)17)10-6-4-5-9(13)12(10)16(18)19/h4-6H,2-3,7-8H2,1H3,(H2,14,17). The molecule has 0 aliphatic rings. The van der Waals surface area contributed by atoms with Gasteiger partial charge in [-0.15, -0.1) is 0 Å². The van der Waals surface area contributed by atoms with Gasteiger partial charge in [-0.1, -0.05) is 31.0 Å². The second-order valence-electron chi connectivity index (χ2n) is 4.11. The lowest BCUT2D eigenvalue weighted by atomic mass is 10.2. The number of benzene rings is 1. The number of nitrogens with two attached hydrogens (primary N) is 1. The van der Waals surface area contributed by atoms with Crippen LogP contribution in [0.4, 0.5) is 11.4 Å². The fourth-order valence-electron chi connectivity index (χ4n) is 1.76. The van der Waals surface area contributed by atoms with E-state index in [1.807, 2.05) is 6.92 Å². The molecular formula is C12H16ClN3O3. The van der Waals surface area contributed by atoms with E-state index < -0.39 is 10.8 Å². The number of nitro benzene ring substituents is 1. The largest absolute Gasteiger partial charge is 0.368 e. The summed E-state index contributed by atoms with van der Waals surface area (Å²) in [6.07, 6.45) is 1.71. The third-order valence-corrected chi connectivity index (χ3v) is 2.92. The molecule has 0 aromatic heterocycles. The van der Waals surface area contributed by atoms with Crippen molar-refractivity contribution in [2.45, 2.75) is 19.8 Å². The number of nitrogens with zero attached hydrogens (tertiary/aromatic N) is 2. The highest BCUT2D eigenvalue weighted by Crippen LogP contribution is 2.34. The van der Waals surface area contributed by atoms with Crippen LogP contribution in [0.5, 0.6) is 0 Å². The van der Waals surface area contributed by atoms with E-state index in [9.17, 15) is 14.9 Å². The molecule has 0 aliphatic carbocycles. The molecule has 1 aromatic carbocycles. The van der Waals surface area contributed by atoms with Gasteiger partial charge in [-0.3, -0.25) is 14.9 Å². The van der Waals surface area contributed by atoms with Gasteiger partial charge in [0.1, 0.15) is 10.7 Å². The first kappa shape index (κ1) is 15.2. The van der Waals surface area contributed by atoms with Crippen LogP contribution >= 0.6 is 11.6 Å². The van der Waals surface area contributed by atoms with Gasteiger partial charge < -0.3 is 10.6 Å². The van der Waals surface area contributed by atoms with Crippen LogP contribution < -0.4 is 10.6 Å². The first-order chi connectivity index (χ1) is 8.97. The van der Waals surface area contributed by atoms with Gasteiger partial charge in [0, 0.05) is 6.54 Å². The zero-order chi connectivity index (χ0) is 14.4. The van der Waals surface area contributed by atoms with E-state index in [4.69, 9.17) is 17.3 Å². The Morgan fingerprint density at radius 2 is 2.21 bits per heavy atom. The second-order valence-corrected chi connectivity index (χ2v) is 4.51. The molecule has 0 aliphatic heterocycles. The number of amides is 1. The summed E-state index contributed by atoms with van der Waals surface area (Å²) in [4.78, 5) is 23.2. The summed E-state index contributed by atoms with van der Waals surface area (Å²) >= 11 is 5.85. The number of para-hydroxylation sites is 1. The zero-order valence-electron chi connectivity index (χ0n) is 10.6. The summed E-state index contributed by atoms with van der Waals surface area (Å²) in [5, 5.41) is 11.1. The first-order valence-corrected chi connectivity index (χ1v) is 6.31. The monoisotopic (exact) mass is 285 g/mol. The SMILES string of the molecule is CCCCN(CC(N)=O)c1cccc(Cl)c1[N+](=O)[O-]. The molecule has 1 aromatic rings. The minimum Gasteiger partial charge on any atom is -0.368 e. The van der Waals surface area contributed by atoms with E-state index >= 15 is 0 Å². The molecule has 2 N–H and O–H groups in total. The normalized spacial score (nSPS) is 10.2. The van der Waals surface area contributed by atoms with E-state index in [1.165, 1.54) is 6.07 Å². The lowest BCUT2D eigenvalue weighted by Gasteiger charge is -2.23. The molecule has 0 saturated heterocycles. The molecule has 0 saturated carbocycles. The molecule has 0 bridgehead atoms. The van der Waals surface area contributed by atoms with Crippen LogP contribution in [0.25, 0.3) is 0 Å². The minimum atomic E-state index is -0.544. The fourth-order valence-corrected chi connectivity index (χ4v) is 2.00. The predicted octanol–water partition coefficient (Wildman–Crippen LogP) is 2.34. The van der Waals surface area contributed by atoms with Crippen molar-refractivity contribution in [3.63, 3.8) is 0 Å². The van der Waals surface area contributed by atoms with Crippen LogP contribution in [0.2, 0.25) is 5.02 Å². The second kappa shape index (κ2) is 6.94. The Kier molecular flexibility index (Phi) is 5.57. The fraction of sp³-hybridized carbons (Fsp3) is 0.417. The van der Waals surface area contributed by atoms with Crippen LogP contribution in [0.1, 0.15) is 19.8 Å². The lowest BCUT2D eigenvalue weighted by Crippen LogP contribution is -2.34. The van der Waals surface area contributed by atoms with Crippen molar-refractivity contribution >= 4 is 28.9 Å². The van der Waals surface area contributed by atoms with E-state index in [0.717, 1.165) is 12.8 Å². The number of anilines is 1. The number of carbonyl (C=O) groups excluding carboxylic acids is 1. The maximum absolute atomic E-state index is 11.1. The summed E-state index contributed by atoms with van der Waals surface area (Å²) < 4.78 is 0. The van der Waals surface area contributed by atoms with Crippen LogP contribution in [0.15, 0.2) is 18.2 Å². The average molecular weight is 286 g/mol. The Hall–Kier alpha value is -1.82. The Labute approximate surface area is 116 Å². The van der Waals surface area contributed by atoms with Crippen LogP contribution in [-0.2, 0) is 4.79 Å². The minimum absolute atomic E-state index is 0.0495. The maximum atomic E-state index is 11.1. The average Bonchev–Trinajstić information content (AvgIpc) is 2.33. The van der Waals surface area contributed by atoms with E-state index in [1.54, 1.807) is 17.0 Å². The third-order valence-electron chi connectivity index (χ3n) is 2.62. The number of rotatable bonds is 7. The van der Waals surface area contributed by atoms with Crippen molar-refractivity contribution in [2.24, 2.45) is 5.73 Å². The highest BCUT2D eigenvalue weighted by molar-refractivity contribution is 6.33. The van der Waals surface area contributed by atoms with E-state index in [-0.39, 0.29) is 17.3 Å². The summed E-state index contributed by atoms with van der Waals surface area (Å²) in [6, 6.07) is 4.64. The number of unbranched alkanes of at least 4 members (excludes halogenated alkanes) is 1. The molecule has 0 spiro atoms. The highest BCUT2D eigenvalue weighted by Gasteiger charge is 2.23. The van der Waals surface area contributed by atoms with Crippen molar-refractivity contribution in [3.05, 3.63) is 33.3 Å². The molecule has 0 unspecified atom stereocenters. The highest BCUT2D eigenvalue weighted by atomic mass is 35.5. The van der Waals surface area contributed by atoms with Crippen LogP contribution in [-0.4, -0.2) is 23.9 Å². The third kappa shape index (κ3) is 4.10. The quantitative estimate of drug-likeness (QED) is 0.615. The summed E-state index contributed by atoms with van der Waals surface area (Å²) in [7, 11) is 0. The van der Waals surface area contributed by atoms with Gasteiger partial charge in [0.25, 0.3) is 0 Å². The molecule has 0 fully saturated rings. The lowest BCUT2D eigenvalue weighted by molar-refractivity contribution is -0.384. The summed E-state index contributed by atoms with van der Waals surface area (Å²) in [6.45, 7) is 2.44. The van der Waals surface area contributed by atoms with Gasteiger partial charge in [-0.2, -0.15) is 0 Å². The molecule has 104 valence electrons. The van der Waals surface area contributed by atoms with Crippen molar-refractivity contribution in [2.75, 3.05) is 18.0 Å². The molecule has 0 heterocycles. The molecule has 6 nitrogen and oxygen atoms in total. The number of carbonyl (C=O) groups is 1. The number of hydrogen-bond donors (Lipinski definition) is 1. The number of primary amides is 1. The Morgan fingerprint density at radius 3 is 2.74 bits per heavy atom. The van der Waals surface area contributed by atoms with Gasteiger partial charge in [0.15, 0.2) is 0 Å². The molecule has 0 atom stereocenters. The molecule has 19 heavy (non-hydrogen) atoms. The smallest absolute Gasteiger partial charge is 0.310 e. The van der Waals surface area contributed by atoms with Crippen molar-refractivity contribution in [1.82, 2.24) is 0 Å². The topological polar surface area (TPSA) is 89.5 Å². The molecule has 0 radical (unpaired) electrons. The van der Waals surface area contributed by atoms with Crippen molar-refractivity contribution in [3.8, 4) is 0 Å². The Morgan fingerprint density at radius 1 is 1.53 bits per heavy atom. The molecule has 1 rings (SSSR count). The molecule has 7 heteroatoms. The van der Waals surface area contributed by atoms with Crippen molar-refractivity contribution < 1.29 is 9.72 Å². The Bertz CT molecular complexity index is 479. The van der Waals surface area contributed by atoms with Gasteiger partial charge in [-0.25, -0.2) is 0 Å². The molecular weight excluding hydrogens is 270 g/mol. The molecule has 1 amide bonds. The van der Waals surface area contributed by atoms with Crippen LogP contribution in [0.3, 0.4) is 0 Å². The van der Waals surface area contributed by atoms with Gasteiger partial charge in [0.2, 0.25) is 5.91 Å². The van der Waals surface area contributed by atoms with Crippen LogP contribution in [0, 0.1) is 10.1 Å². The van der Waals surface area contributed by atoms with Crippen molar-refractivity contribution in [1.29, 1.82) is 0 Å². The maximum Gasteiger partial charge on any atom is 0.310 e. The Balaban J connectivity index is 3.16. The van der Waals surface area contributed by atoms with E-state index in [2.05, 4.69) is 0 Å². The summed E-state index contributed by atoms with van der Waals surface area (Å²) in [5.74, 6) is -0.537. The van der Waals surface area contributed by atoms with E-state index in [0.29, 0.717) is 12.2 Å². The first-order valence-electron chi connectivity index (χ1n) is 5.93. The number of halogens is 1. The summed E-state index contributed by atoms with van der Waals surface area (Å²) in [5.41, 5.74) is 5.31.